The predicted octanol–water partition coefficient (Wildman–Crippen LogP) is 0.604. The zero-order chi connectivity index (χ0) is 10.6. The fourth-order valence-electron chi connectivity index (χ4n) is 1.60. The van der Waals surface area contributed by atoms with Crippen molar-refractivity contribution in [1.29, 1.82) is 0 Å². The molecule has 0 aromatic rings. The Labute approximate surface area is 85.6 Å². The average Bonchev–Trinajstić information content (AvgIpc) is 2.52. The molecule has 0 aromatic carbocycles. The maximum atomic E-state index is 9.44. The van der Waals surface area contributed by atoms with Gasteiger partial charge in [0.2, 0.25) is 0 Å². The second kappa shape index (κ2) is 4.64. The molecule has 4 nitrogen and oxygen atoms in total. The first-order valence-electron chi connectivity index (χ1n) is 5.26. The van der Waals surface area contributed by atoms with Gasteiger partial charge in [0.25, 0.3) is 0 Å². The number of guanidine groups is 1. The third kappa shape index (κ3) is 4.46. The van der Waals surface area contributed by atoms with E-state index in [0.29, 0.717) is 18.5 Å². The third-order valence-electron chi connectivity index (χ3n) is 2.34. The molecule has 0 saturated heterocycles. The molecule has 1 fully saturated rings. The van der Waals surface area contributed by atoms with Crippen LogP contribution in [0.1, 0.15) is 39.5 Å². The highest BCUT2D eigenvalue weighted by atomic mass is 16.3. The quantitative estimate of drug-likeness (QED) is 0.460. The molecule has 1 rings (SSSR count). The standard InChI is InChI=1S/C10H21N3O/c1-10(2,14)7-12-9(11)13-8-5-3-4-6-8/h8,14H,3-7H2,1-2H3,(H3,11,12,13). The Bertz CT molecular complexity index is 202. The molecule has 4 heteroatoms. The van der Waals surface area contributed by atoms with E-state index < -0.39 is 5.60 Å². The minimum atomic E-state index is -0.776. The van der Waals surface area contributed by atoms with Gasteiger partial charge in [-0.25, -0.2) is 0 Å². The van der Waals surface area contributed by atoms with Crippen LogP contribution in [0.2, 0.25) is 0 Å². The maximum absolute atomic E-state index is 9.44. The van der Waals surface area contributed by atoms with Crippen LogP contribution in [0, 0.1) is 0 Å². The summed E-state index contributed by atoms with van der Waals surface area (Å²) < 4.78 is 0. The molecule has 0 amide bonds. The molecular weight excluding hydrogens is 178 g/mol. The topological polar surface area (TPSA) is 70.6 Å². The molecular formula is C10H21N3O. The highest BCUT2D eigenvalue weighted by molar-refractivity contribution is 5.78. The molecule has 0 aliphatic heterocycles. The van der Waals surface area contributed by atoms with Crippen LogP contribution in [0.3, 0.4) is 0 Å². The average molecular weight is 199 g/mol. The van der Waals surface area contributed by atoms with Gasteiger partial charge in [-0.2, -0.15) is 0 Å². The number of rotatable bonds is 3. The lowest BCUT2D eigenvalue weighted by atomic mass is 10.1. The summed E-state index contributed by atoms with van der Waals surface area (Å²) >= 11 is 0. The maximum Gasteiger partial charge on any atom is 0.188 e. The van der Waals surface area contributed by atoms with E-state index in [1.165, 1.54) is 25.7 Å². The zero-order valence-electron chi connectivity index (χ0n) is 9.08. The summed E-state index contributed by atoms with van der Waals surface area (Å²) in [6, 6.07) is 0.487. The van der Waals surface area contributed by atoms with E-state index in [2.05, 4.69) is 10.3 Å². The Balaban J connectivity index is 2.29. The molecule has 0 spiro atoms. The fourth-order valence-corrected chi connectivity index (χ4v) is 1.60. The predicted molar refractivity (Wildman–Crippen MR) is 58.2 cm³/mol. The summed E-state index contributed by atoms with van der Waals surface area (Å²) in [5, 5.41) is 12.6. The highest BCUT2D eigenvalue weighted by Crippen LogP contribution is 2.17. The lowest BCUT2D eigenvalue weighted by Gasteiger charge is -2.16. The van der Waals surface area contributed by atoms with Crippen LogP contribution in [0.15, 0.2) is 4.99 Å². The van der Waals surface area contributed by atoms with Crippen molar-refractivity contribution < 1.29 is 5.11 Å². The summed E-state index contributed by atoms with van der Waals surface area (Å²) in [4.78, 5) is 4.09. The minimum Gasteiger partial charge on any atom is -0.389 e. The van der Waals surface area contributed by atoms with Crippen molar-refractivity contribution >= 4 is 5.96 Å². The van der Waals surface area contributed by atoms with Gasteiger partial charge in [-0.15, -0.1) is 0 Å². The third-order valence-corrected chi connectivity index (χ3v) is 2.34. The summed E-state index contributed by atoms with van der Waals surface area (Å²) in [5.74, 6) is 0.457. The van der Waals surface area contributed by atoms with Crippen molar-refractivity contribution in [2.24, 2.45) is 10.7 Å². The first-order valence-corrected chi connectivity index (χ1v) is 5.26. The molecule has 1 aliphatic rings. The number of nitrogens with zero attached hydrogens (tertiary/aromatic N) is 1. The van der Waals surface area contributed by atoms with Crippen LogP contribution in [-0.4, -0.2) is 29.3 Å². The van der Waals surface area contributed by atoms with Gasteiger partial charge in [0.15, 0.2) is 5.96 Å². The normalized spacial score (nSPS) is 20.1. The summed E-state index contributed by atoms with van der Waals surface area (Å²) in [7, 11) is 0. The largest absolute Gasteiger partial charge is 0.389 e. The van der Waals surface area contributed by atoms with Gasteiger partial charge in [0.1, 0.15) is 0 Å². The number of aliphatic hydroxyl groups is 1. The first-order chi connectivity index (χ1) is 6.47. The van der Waals surface area contributed by atoms with Crippen molar-refractivity contribution in [2.75, 3.05) is 6.54 Å². The molecule has 82 valence electrons. The number of hydrogen-bond acceptors (Lipinski definition) is 2. The van der Waals surface area contributed by atoms with E-state index >= 15 is 0 Å². The summed E-state index contributed by atoms with van der Waals surface area (Å²) in [6.45, 7) is 3.79. The van der Waals surface area contributed by atoms with Gasteiger partial charge < -0.3 is 16.2 Å². The van der Waals surface area contributed by atoms with Crippen LogP contribution in [0.5, 0.6) is 0 Å². The first kappa shape index (κ1) is 11.3. The molecule has 0 unspecified atom stereocenters. The number of aliphatic imine (C=N–C) groups is 1. The second-order valence-electron chi connectivity index (χ2n) is 4.64. The van der Waals surface area contributed by atoms with Gasteiger partial charge in [-0.05, 0) is 26.7 Å². The van der Waals surface area contributed by atoms with Crippen molar-refractivity contribution in [3.8, 4) is 0 Å². The number of nitrogens with one attached hydrogen (secondary N) is 1. The molecule has 0 heterocycles. The van der Waals surface area contributed by atoms with Crippen molar-refractivity contribution in [1.82, 2.24) is 5.32 Å². The zero-order valence-corrected chi connectivity index (χ0v) is 9.08. The molecule has 4 N–H and O–H groups in total. The molecule has 0 radical (unpaired) electrons. The van der Waals surface area contributed by atoms with Crippen LogP contribution in [0.4, 0.5) is 0 Å². The molecule has 14 heavy (non-hydrogen) atoms. The SMILES string of the molecule is CC(C)(O)CN=C(N)NC1CCCC1. The van der Waals surface area contributed by atoms with Gasteiger partial charge in [-0.3, -0.25) is 4.99 Å². The van der Waals surface area contributed by atoms with E-state index in [0.717, 1.165) is 0 Å². The lowest BCUT2D eigenvalue weighted by Crippen LogP contribution is -2.39. The van der Waals surface area contributed by atoms with Crippen LogP contribution >= 0.6 is 0 Å². The van der Waals surface area contributed by atoms with Gasteiger partial charge in [0.05, 0.1) is 12.1 Å². The molecule has 0 bridgehead atoms. The summed E-state index contributed by atoms with van der Waals surface area (Å²) in [5.41, 5.74) is 4.91. The Morgan fingerprint density at radius 1 is 1.50 bits per heavy atom. The molecule has 1 saturated carbocycles. The van der Waals surface area contributed by atoms with Crippen LogP contribution in [0.25, 0.3) is 0 Å². The minimum absolute atomic E-state index is 0.346. The number of nitrogens with two attached hydrogens (primary N) is 1. The monoisotopic (exact) mass is 199 g/mol. The Morgan fingerprint density at radius 2 is 2.07 bits per heavy atom. The Kier molecular flexibility index (Phi) is 3.75. The van der Waals surface area contributed by atoms with E-state index in [4.69, 9.17) is 5.73 Å². The molecule has 0 atom stereocenters. The number of hydrogen-bond donors (Lipinski definition) is 3. The van der Waals surface area contributed by atoms with E-state index in [-0.39, 0.29) is 0 Å². The van der Waals surface area contributed by atoms with Crippen molar-refractivity contribution in [3.63, 3.8) is 0 Å². The van der Waals surface area contributed by atoms with E-state index in [9.17, 15) is 5.11 Å². The van der Waals surface area contributed by atoms with Gasteiger partial charge >= 0.3 is 0 Å². The van der Waals surface area contributed by atoms with Gasteiger partial charge in [-0.1, -0.05) is 12.8 Å². The van der Waals surface area contributed by atoms with Crippen molar-refractivity contribution in [2.45, 2.75) is 51.2 Å². The van der Waals surface area contributed by atoms with Crippen LogP contribution in [-0.2, 0) is 0 Å². The van der Waals surface area contributed by atoms with Crippen molar-refractivity contribution in [3.05, 3.63) is 0 Å². The second-order valence-corrected chi connectivity index (χ2v) is 4.64. The highest BCUT2D eigenvalue weighted by Gasteiger charge is 2.16. The Morgan fingerprint density at radius 3 is 2.57 bits per heavy atom. The van der Waals surface area contributed by atoms with E-state index in [1.807, 2.05) is 0 Å². The smallest absolute Gasteiger partial charge is 0.188 e. The lowest BCUT2D eigenvalue weighted by molar-refractivity contribution is 0.0903. The van der Waals surface area contributed by atoms with E-state index in [1.54, 1.807) is 13.8 Å². The van der Waals surface area contributed by atoms with Gasteiger partial charge in [0, 0.05) is 6.04 Å². The summed E-state index contributed by atoms with van der Waals surface area (Å²) in [6.07, 6.45) is 4.91. The van der Waals surface area contributed by atoms with Crippen LogP contribution < -0.4 is 11.1 Å². The fraction of sp³-hybridized carbons (Fsp3) is 0.900. The molecule has 0 aromatic heterocycles. The Hall–Kier alpha value is -0.770. The molecule has 1 aliphatic carbocycles.